The lowest BCUT2D eigenvalue weighted by Crippen LogP contribution is -1.99. The molecule has 0 bridgehead atoms. The largest absolute Gasteiger partial charge is 0.504 e. The Morgan fingerprint density at radius 3 is 3.00 bits per heavy atom. The molecule has 6 nitrogen and oxygen atoms in total. The second kappa shape index (κ2) is 7.03. The molecular weight excluding hydrogens is 288 g/mol. The highest BCUT2D eigenvalue weighted by Crippen LogP contribution is 2.26. The lowest BCUT2D eigenvalue weighted by molar-refractivity contribution is 0.318. The van der Waals surface area contributed by atoms with Crippen molar-refractivity contribution in [3.05, 3.63) is 34.4 Å². The fraction of sp³-hybridized carbons (Fsp3) is 0.357. The summed E-state index contributed by atoms with van der Waals surface area (Å²) in [5.41, 5.74) is 0.807. The number of aromatic amines is 1. The van der Waals surface area contributed by atoms with Crippen LogP contribution in [0.1, 0.15) is 31.7 Å². The first-order valence-electron chi connectivity index (χ1n) is 6.82. The molecule has 112 valence electrons. The van der Waals surface area contributed by atoms with Crippen LogP contribution in [0.5, 0.6) is 11.5 Å². The first-order chi connectivity index (χ1) is 10.2. The van der Waals surface area contributed by atoms with Crippen LogP contribution < -0.4 is 4.74 Å². The van der Waals surface area contributed by atoms with Crippen molar-refractivity contribution in [3.8, 4) is 11.5 Å². The SMILES string of the molecule is CCCc1n[nH]c(=S)n1/N=C\c1ccc(O)c(OCC)c1. The van der Waals surface area contributed by atoms with E-state index >= 15 is 0 Å². The lowest BCUT2D eigenvalue weighted by Gasteiger charge is -2.06. The van der Waals surface area contributed by atoms with Crippen LogP contribution in [0.3, 0.4) is 0 Å². The molecule has 0 saturated carbocycles. The first kappa shape index (κ1) is 15.2. The van der Waals surface area contributed by atoms with Crippen molar-refractivity contribution in [3.63, 3.8) is 0 Å². The maximum atomic E-state index is 9.67. The summed E-state index contributed by atoms with van der Waals surface area (Å²) < 4.78 is 7.40. The van der Waals surface area contributed by atoms with Crippen molar-refractivity contribution >= 4 is 18.4 Å². The minimum absolute atomic E-state index is 0.112. The van der Waals surface area contributed by atoms with Crippen LogP contribution in [0.2, 0.25) is 0 Å². The molecule has 0 radical (unpaired) electrons. The highest BCUT2D eigenvalue weighted by molar-refractivity contribution is 7.71. The van der Waals surface area contributed by atoms with Gasteiger partial charge in [-0.05, 0) is 49.3 Å². The van der Waals surface area contributed by atoms with Crippen LogP contribution in [0.25, 0.3) is 0 Å². The summed E-state index contributed by atoms with van der Waals surface area (Å²) in [6, 6.07) is 5.06. The zero-order chi connectivity index (χ0) is 15.2. The summed E-state index contributed by atoms with van der Waals surface area (Å²) in [5, 5.41) is 20.9. The topological polar surface area (TPSA) is 75.4 Å². The number of benzene rings is 1. The summed E-state index contributed by atoms with van der Waals surface area (Å²) in [6.45, 7) is 4.42. The Morgan fingerprint density at radius 2 is 2.29 bits per heavy atom. The van der Waals surface area contributed by atoms with Crippen molar-refractivity contribution in [2.24, 2.45) is 5.10 Å². The zero-order valence-corrected chi connectivity index (χ0v) is 12.9. The predicted molar refractivity (Wildman–Crippen MR) is 83.7 cm³/mol. The molecular formula is C14H18N4O2S. The van der Waals surface area contributed by atoms with E-state index in [9.17, 15) is 5.11 Å². The van der Waals surface area contributed by atoms with Gasteiger partial charge in [-0.15, -0.1) is 0 Å². The van der Waals surface area contributed by atoms with E-state index in [0.29, 0.717) is 17.1 Å². The average Bonchev–Trinajstić information content (AvgIpc) is 2.81. The predicted octanol–water partition coefficient (Wildman–Crippen LogP) is 2.88. The van der Waals surface area contributed by atoms with E-state index in [2.05, 4.69) is 22.2 Å². The Hall–Kier alpha value is -2.15. The van der Waals surface area contributed by atoms with E-state index in [1.54, 1.807) is 29.1 Å². The number of H-pyrrole nitrogens is 1. The highest BCUT2D eigenvalue weighted by atomic mass is 32.1. The number of hydrogen-bond donors (Lipinski definition) is 2. The molecule has 1 heterocycles. The van der Waals surface area contributed by atoms with E-state index in [4.69, 9.17) is 17.0 Å². The monoisotopic (exact) mass is 306 g/mol. The first-order valence-corrected chi connectivity index (χ1v) is 7.23. The second-order valence-corrected chi connectivity index (χ2v) is 4.80. The van der Waals surface area contributed by atoms with E-state index in [1.165, 1.54) is 0 Å². The Kier molecular flexibility index (Phi) is 5.10. The van der Waals surface area contributed by atoms with Crippen molar-refractivity contribution < 1.29 is 9.84 Å². The maximum absolute atomic E-state index is 9.67. The molecule has 1 aromatic carbocycles. The fourth-order valence-electron chi connectivity index (χ4n) is 1.84. The molecule has 0 atom stereocenters. The highest BCUT2D eigenvalue weighted by Gasteiger charge is 2.04. The molecule has 2 rings (SSSR count). The molecule has 0 unspecified atom stereocenters. The maximum Gasteiger partial charge on any atom is 0.216 e. The molecule has 2 aromatic rings. The number of nitrogens with one attached hydrogen (secondary N) is 1. The molecule has 0 aliphatic rings. The fourth-order valence-corrected chi connectivity index (χ4v) is 2.03. The number of rotatable bonds is 6. The quantitative estimate of drug-likeness (QED) is 0.635. The normalized spacial score (nSPS) is 11.1. The van der Waals surface area contributed by atoms with Crippen LogP contribution in [-0.4, -0.2) is 32.8 Å². The molecule has 0 amide bonds. The Morgan fingerprint density at radius 1 is 1.48 bits per heavy atom. The van der Waals surface area contributed by atoms with Gasteiger partial charge in [-0.3, -0.25) is 5.10 Å². The number of phenols is 1. The van der Waals surface area contributed by atoms with Gasteiger partial charge in [-0.25, -0.2) is 0 Å². The number of aromatic nitrogens is 3. The third kappa shape index (κ3) is 3.69. The van der Waals surface area contributed by atoms with Gasteiger partial charge >= 0.3 is 0 Å². The van der Waals surface area contributed by atoms with Crippen LogP contribution >= 0.6 is 12.2 Å². The molecule has 0 aliphatic heterocycles. The van der Waals surface area contributed by atoms with E-state index < -0.39 is 0 Å². The minimum Gasteiger partial charge on any atom is -0.504 e. The molecule has 1 aromatic heterocycles. The summed E-state index contributed by atoms with van der Waals surface area (Å²) in [6.07, 6.45) is 3.42. The van der Waals surface area contributed by atoms with Crippen LogP contribution in [0.4, 0.5) is 0 Å². The number of aromatic hydroxyl groups is 1. The summed E-state index contributed by atoms with van der Waals surface area (Å²) in [5.74, 6) is 1.34. The van der Waals surface area contributed by atoms with E-state index in [0.717, 1.165) is 24.2 Å². The van der Waals surface area contributed by atoms with Gasteiger partial charge in [0.05, 0.1) is 12.8 Å². The molecule has 2 N–H and O–H groups in total. The Bertz CT molecular complexity index is 691. The van der Waals surface area contributed by atoms with Gasteiger partial charge in [0.2, 0.25) is 4.77 Å². The summed E-state index contributed by atoms with van der Waals surface area (Å²) in [7, 11) is 0. The Balaban J connectivity index is 2.27. The standard InChI is InChI=1S/C14H18N4O2S/c1-3-5-13-16-17-14(21)18(13)15-9-10-6-7-11(19)12(8-10)20-4-2/h6-9,19H,3-5H2,1-2H3,(H,17,21)/b15-9-. The van der Waals surface area contributed by atoms with Crippen molar-refractivity contribution in [2.45, 2.75) is 26.7 Å². The van der Waals surface area contributed by atoms with Gasteiger partial charge in [0.1, 0.15) is 0 Å². The Labute approximate surface area is 128 Å². The third-order valence-electron chi connectivity index (χ3n) is 2.80. The second-order valence-electron chi connectivity index (χ2n) is 4.41. The lowest BCUT2D eigenvalue weighted by atomic mass is 10.2. The zero-order valence-electron chi connectivity index (χ0n) is 12.0. The van der Waals surface area contributed by atoms with Gasteiger partial charge in [0.15, 0.2) is 17.3 Å². The summed E-state index contributed by atoms with van der Waals surface area (Å²) in [4.78, 5) is 0. The van der Waals surface area contributed by atoms with Gasteiger partial charge < -0.3 is 9.84 Å². The molecule has 7 heteroatoms. The van der Waals surface area contributed by atoms with E-state index in [-0.39, 0.29) is 5.75 Å². The van der Waals surface area contributed by atoms with Crippen molar-refractivity contribution in [1.82, 2.24) is 14.9 Å². The van der Waals surface area contributed by atoms with Crippen LogP contribution in [0, 0.1) is 4.77 Å². The molecule has 0 spiro atoms. The average molecular weight is 306 g/mol. The molecule has 21 heavy (non-hydrogen) atoms. The molecule has 0 saturated heterocycles. The van der Waals surface area contributed by atoms with Gasteiger partial charge in [0, 0.05) is 6.42 Å². The van der Waals surface area contributed by atoms with Gasteiger partial charge in [-0.2, -0.15) is 14.9 Å². The number of hydrogen-bond acceptors (Lipinski definition) is 5. The van der Waals surface area contributed by atoms with E-state index in [1.807, 2.05) is 6.92 Å². The summed E-state index contributed by atoms with van der Waals surface area (Å²) >= 11 is 5.16. The number of nitrogens with zero attached hydrogens (tertiary/aromatic N) is 3. The third-order valence-corrected chi connectivity index (χ3v) is 3.06. The molecule has 0 aliphatic carbocycles. The minimum atomic E-state index is 0.112. The van der Waals surface area contributed by atoms with Crippen LogP contribution in [0.15, 0.2) is 23.3 Å². The van der Waals surface area contributed by atoms with Crippen molar-refractivity contribution in [1.29, 1.82) is 0 Å². The van der Waals surface area contributed by atoms with Crippen LogP contribution in [-0.2, 0) is 6.42 Å². The van der Waals surface area contributed by atoms with Gasteiger partial charge in [-0.1, -0.05) is 6.92 Å². The number of phenolic OH excluding ortho intramolecular Hbond substituents is 1. The van der Waals surface area contributed by atoms with Gasteiger partial charge in [0.25, 0.3) is 0 Å². The number of ether oxygens (including phenoxy) is 1. The number of aryl methyl sites for hydroxylation is 1. The molecule has 0 fully saturated rings. The van der Waals surface area contributed by atoms with Crippen molar-refractivity contribution in [2.75, 3.05) is 6.61 Å². The smallest absolute Gasteiger partial charge is 0.216 e.